The van der Waals surface area contributed by atoms with Crippen molar-refractivity contribution in [3.05, 3.63) is 28.8 Å². The van der Waals surface area contributed by atoms with E-state index in [9.17, 15) is 8.42 Å². The van der Waals surface area contributed by atoms with Crippen molar-refractivity contribution in [3.8, 4) is 0 Å². The molecule has 0 amide bonds. The monoisotopic (exact) mass is 242 g/mol. The highest BCUT2D eigenvalue weighted by atomic mass is 35.5. The van der Waals surface area contributed by atoms with Crippen LogP contribution in [0.1, 0.15) is 5.56 Å². The normalized spacial score (nSPS) is 10.7. The predicted octanol–water partition coefficient (Wildman–Crippen LogP) is 2.32. The highest BCUT2D eigenvalue weighted by Gasteiger charge is 2.12. The molecule has 74 valence electrons. The molecule has 3 nitrogen and oxygen atoms in total. The van der Waals surface area contributed by atoms with E-state index in [0.29, 0.717) is 10.6 Å². The molecule has 1 aromatic carbocycles. The van der Waals surface area contributed by atoms with Crippen LogP contribution in [-0.2, 0) is 10.1 Å². The van der Waals surface area contributed by atoms with E-state index >= 15 is 0 Å². The highest BCUT2D eigenvalue weighted by molar-refractivity contribution is 7.85. The van der Waals surface area contributed by atoms with Crippen LogP contribution in [-0.4, -0.2) is 13.0 Å². The maximum Gasteiger partial charge on any atom is 0.294 e. The maximum atomic E-state index is 10.7. The van der Waals surface area contributed by atoms with Gasteiger partial charge in [0.05, 0.1) is 4.90 Å². The molecule has 0 fully saturated rings. The van der Waals surface area contributed by atoms with Crippen LogP contribution in [0.15, 0.2) is 23.1 Å². The van der Waals surface area contributed by atoms with Crippen LogP contribution < -0.4 is 0 Å². The van der Waals surface area contributed by atoms with E-state index < -0.39 is 10.1 Å². The molecule has 0 aliphatic rings. The summed E-state index contributed by atoms with van der Waals surface area (Å²) in [5, 5.41) is 0.444. The van der Waals surface area contributed by atoms with Crippen molar-refractivity contribution in [2.75, 3.05) is 0 Å². The predicted molar refractivity (Wildman–Crippen MR) is 53.3 cm³/mol. The Morgan fingerprint density at radius 3 is 2.31 bits per heavy atom. The maximum absolute atomic E-state index is 10.7. The fraction of sp³-hybridized carbons (Fsp3) is 0.143. The molecule has 0 atom stereocenters. The Kier molecular flexibility index (Phi) is 4.19. The molecule has 6 heteroatoms. The quantitative estimate of drug-likeness (QED) is 0.770. The van der Waals surface area contributed by atoms with Gasteiger partial charge in [0.15, 0.2) is 0 Å². The number of rotatable bonds is 1. The summed E-state index contributed by atoms with van der Waals surface area (Å²) in [4.78, 5) is -0.105. The molecule has 0 aliphatic carbocycles. The van der Waals surface area contributed by atoms with Gasteiger partial charge in [0.25, 0.3) is 10.1 Å². The van der Waals surface area contributed by atoms with Gasteiger partial charge in [-0.15, -0.1) is 12.4 Å². The zero-order valence-electron chi connectivity index (χ0n) is 6.69. The minimum atomic E-state index is -4.11. The van der Waals surface area contributed by atoms with Gasteiger partial charge in [-0.2, -0.15) is 8.42 Å². The Bertz CT molecular complexity index is 400. The molecule has 0 saturated carbocycles. The first-order valence-electron chi connectivity index (χ1n) is 3.15. The lowest BCUT2D eigenvalue weighted by atomic mass is 10.2. The van der Waals surface area contributed by atoms with E-state index in [1.165, 1.54) is 18.2 Å². The lowest BCUT2D eigenvalue weighted by molar-refractivity contribution is 0.482. The van der Waals surface area contributed by atoms with Crippen molar-refractivity contribution in [2.45, 2.75) is 11.8 Å². The lowest BCUT2D eigenvalue weighted by Crippen LogP contribution is -2.00. The third-order valence-corrected chi connectivity index (χ3v) is 2.66. The molecule has 1 aromatic rings. The molecule has 0 bridgehead atoms. The second-order valence-electron chi connectivity index (χ2n) is 2.38. The van der Waals surface area contributed by atoms with Gasteiger partial charge in [0, 0.05) is 5.02 Å². The molecule has 0 saturated heterocycles. The first kappa shape index (κ1) is 12.7. The minimum absolute atomic E-state index is 0. The molecule has 0 aromatic heterocycles. The first-order chi connectivity index (χ1) is 5.41. The molecule has 0 spiro atoms. The summed E-state index contributed by atoms with van der Waals surface area (Å²) in [7, 11) is -4.11. The fourth-order valence-corrected chi connectivity index (χ4v) is 1.83. The number of hydrogen-bond donors (Lipinski definition) is 1. The fourth-order valence-electron chi connectivity index (χ4n) is 0.902. The van der Waals surface area contributed by atoms with Gasteiger partial charge < -0.3 is 0 Å². The van der Waals surface area contributed by atoms with Crippen molar-refractivity contribution in [1.82, 2.24) is 0 Å². The molecule has 1 rings (SSSR count). The Hall–Kier alpha value is -0.290. The summed E-state index contributed by atoms with van der Waals surface area (Å²) in [6, 6.07) is 4.16. The number of benzene rings is 1. The van der Waals surface area contributed by atoms with Crippen LogP contribution in [0.2, 0.25) is 5.02 Å². The van der Waals surface area contributed by atoms with Crippen LogP contribution in [0.3, 0.4) is 0 Å². The molecule has 0 heterocycles. The average molecular weight is 243 g/mol. The zero-order chi connectivity index (χ0) is 9.35. The Morgan fingerprint density at radius 1 is 1.38 bits per heavy atom. The number of aryl methyl sites for hydroxylation is 1. The van der Waals surface area contributed by atoms with Crippen LogP contribution in [0, 0.1) is 6.92 Å². The van der Waals surface area contributed by atoms with Crippen molar-refractivity contribution < 1.29 is 13.0 Å². The average Bonchev–Trinajstić information content (AvgIpc) is 1.83. The van der Waals surface area contributed by atoms with Crippen LogP contribution in [0.25, 0.3) is 0 Å². The van der Waals surface area contributed by atoms with Gasteiger partial charge in [-0.1, -0.05) is 11.6 Å². The summed E-state index contributed by atoms with van der Waals surface area (Å²) in [5.41, 5.74) is 0.435. The summed E-state index contributed by atoms with van der Waals surface area (Å²) in [6.45, 7) is 1.56. The van der Waals surface area contributed by atoms with Gasteiger partial charge in [-0.05, 0) is 30.7 Å². The molecule has 0 aliphatic heterocycles. The van der Waals surface area contributed by atoms with Crippen LogP contribution in [0.5, 0.6) is 0 Å². The van der Waals surface area contributed by atoms with Crippen molar-refractivity contribution >= 4 is 34.1 Å². The number of hydrogen-bond acceptors (Lipinski definition) is 2. The Morgan fingerprint density at radius 2 is 1.92 bits per heavy atom. The lowest BCUT2D eigenvalue weighted by Gasteiger charge is -2.01. The van der Waals surface area contributed by atoms with Crippen molar-refractivity contribution in [2.24, 2.45) is 0 Å². The molecule has 1 N–H and O–H groups in total. The zero-order valence-corrected chi connectivity index (χ0v) is 9.08. The van der Waals surface area contributed by atoms with E-state index in [-0.39, 0.29) is 17.3 Å². The molecule has 0 radical (unpaired) electrons. The first-order valence-corrected chi connectivity index (χ1v) is 4.97. The number of halogens is 2. The second kappa shape index (κ2) is 4.28. The van der Waals surface area contributed by atoms with Gasteiger partial charge >= 0.3 is 0 Å². The standard InChI is InChI=1S/C7H7ClO3S.ClH/c1-5-4-6(8)2-3-7(5)12(9,10)11;/h2-4H,1H3,(H,9,10,11);1H. The topological polar surface area (TPSA) is 54.4 Å². The summed E-state index contributed by atoms with van der Waals surface area (Å²) in [6.07, 6.45) is 0. The summed E-state index contributed by atoms with van der Waals surface area (Å²) < 4.78 is 30.0. The van der Waals surface area contributed by atoms with Gasteiger partial charge in [0.2, 0.25) is 0 Å². The third-order valence-electron chi connectivity index (χ3n) is 1.41. The van der Waals surface area contributed by atoms with E-state index in [1.54, 1.807) is 6.92 Å². The third kappa shape index (κ3) is 3.15. The van der Waals surface area contributed by atoms with Gasteiger partial charge in [-0.25, -0.2) is 0 Å². The van der Waals surface area contributed by atoms with E-state index in [2.05, 4.69) is 0 Å². The molecular weight excluding hydrogens is 235 g/mol. The largest absolute Gasteiger partial charge is 0.294 e. The summed E-state index contributed by atoms with van der Waals surface area (Å²) in [5.74, 6) is 0. The van der Waals surface area contributed by atoms with Crippen molar-refractivity contribution in [1.29, 1.82) is 0 Å². The Balaban J connectivity index is 0.00000144. The van der Waals surface area contributed by atoms with Crippen LogP contribution >= 0.6 is 24.0 Å². The Labute approximate surface area is 87.9 Å². The minimum Gasteiger partial charge on any atom is -0.282 e. The van der Waals surface area contributed by atoms with E-state index in [0.717, 1.165) is 0 Å². The smallest absolute Gasteiger partial charge is 0.282 e. The summed E-state index contributed by atoms with van der Waals surface area (Å²) >= 11 is 5.59. The van der Waals surface area contributed by atoms with Crippen molar-refractivity contribution in [3.63, 3.8) is 0 Å². The second-order valence-corrected chi connectivity index (χ2v) is 4.21. The van der Waals surface area contributed by atoms with Gasteiger partial charge in [-0.3, -0.25) is 4.55 Å². The SMILES string of the molecule is Cc1cc(Cl)ccc1S(=O)(=O)O.Cl. The van der Waals surface area contributed by atoms with Crippen LogP contribution in [0.4, 0.5) is 0 Å². The molecule has 13 heavy (non-hydrogen) atoms. The van der Waals surface area contributed by atoms with E-state index in [1.807, 2.05) is 0 Å². The van der Waals surface area contributed by atoms with E-state index in [4.69, 9.17) is 16.2 Å². The highest BCUT2D eigenvalue weighted by Crippen LogP contribution is 2.18. The molecule has 0 unspecified atom stereocenters. The van der Waals surface area contributed by atoms with Gasteiger partial charge in [0.1, 0.15) is 0 Å². The molecular formula is C7H8Cl2O3S.